The molecule has 1 aromatic rings. The van der Waals surface area contributed by atoms with Crippen molar-refractivity contribution in [2.45, 2.75) is 25.0 Å². The Labute approximate surface area is 96.7 Å². The normalized spacial score (nSPS) is 10.9. The molecule has 14 heavy (non-hydrogen) atoms. The Kier molecular flexibility index (Phi) is 6.03. The maximum atomic E-state index is 2.50. The van der Waals surface area contributed by atoms with Crippen molar-refractivity contribution in [3.63, 3.8) is 0 Å². The van der Waals surface area contributed by atoms with Crippen LogP contribution in [-0.4, -0.2) is 35.7 Å². The van der Waals surface area contributed by atoms with Crippen molar-refractivity contribution in [3.05, 3.63) is 35.9 Å². The van der Waals surface area contributed by atoms with Gasteiger partial charge in [0.25, 0.3) is 0 Å². The summed E-state index contributed by atoms with van der Waals surface area (Å²) in [6.45, 7) is 5.70. The molecule has 0 amide bonds. The van der Waals surface area contributed by atoms with Gasteiger partial charge in [0, 0.05) is 0 Å². The molecule has 72 valence electrons. The van der Waals surface area contributed by atoms with Crippen molar-refractivity contribution >= 4 is 17.7 Å². The Morgan fingerprint density at radius 2 is 1.93 bits per heavy atom. The minimum absolute atomic E-state index is 1.09. The van der Waals surface area contributed by atoms with Crippen LogP contribution >= 0.6 is 0 Å². The zero-order valence-corrected chi connectivity index (χ0v) is 9.37. The van der Waals surface area contributed by atoms with Crippen molar-refractivity contribution in [2.24, 2.45) is 0 Å². The molecular weight excluding hydrogens is 165 g/mol. The van der Waals surface area contributed by atoms with Crippen molar-refractivity contribution in [1.82, 2.24) is 4.90 Å². The second-order valence-corrected chi connectivity index (χ2v) is 3.71. The van der Waals surface area contributed by atoms with Gasteiger partial charge < -0.3 is 0 Å². The number of benzene rings is 1. The van der Waals surface area contributed by atoms with Gasteiger partial charge in [-0.2, -0.15) is 0 Å². The van der Waals surface area contributed by atoms with E-state index < -0.39 is 0 Å². The van der Waals surface area contributed by atoms with Gasteiger partial charge in [-0.05, 0) is 0 Å². The first-order valence-electron chi connectivity index (χ1n) is 5.63. The summed E-state index contributed by atoms with van der Waals surface area (Å²) in [6, 6.07) is 10.7. The van der Waals surface area contributed by atoms with E-state index in [1.807, 2.05) is 0 Å². The Bertz CT molecular complexity index is 235. The molecule has 0 saturated carbocycles. The zero-order valence-electron chi connectivity index (χ0n) is 9.37. The molecule has 2 heteroatoms. The van der Waals surface area contributed by atoms with Crippen molar-refractivity contribution < 1.29 is 0 Å². The van der Waals surface area contributed by atoms with Crippen LogP contribution in [0.1, 0.15) is 18.9 Å². The van der Waals surface area contributed by atoms with E-state index in [-0.39, 0.29) is 0 Å². The first-order chi connectivity index (χ1) is 6.86. The number of hydrogen-bond donors (Lipinski definition) is 0. The fourth-order valence-corrected chi connectivity index (χ4v) is 1.57. The van der Waals surface area contributed by atoms with Crippen LogP contribution in [-0.2, 0) is 6.54 Å². The van der Waals surface area contributed by atoms with Gasteiger partial charge >= 0.3 is 96.6 Å². The number of nitrogens with zero attached hydrogens (tertiary/aromatic N) is 1. The third-order valence-corrected chi connectivity index (χ3v) is 2.52. The Balaban J connectivity index is 2.40. The van der Waals surface area contributed by atoms with E-state index in [0.29, 0.717) is 0 Å². The fraction of sp³-hybridized carbons (Fsp3) is 0.500. The van der Waals surface area contributed by atoms with Crippen LogP contribution in [0.25, 0.3) is 0 Å². The topological polar surface area (TPSA) is 3.24 Å². The van der Waals surface area contributed by atoms with Gasteiger partial charge in [0.05, 0.1) is 0 Å². The maximum absolute atomic E-state index is 2.50. The standard InChI is InChI=1S/C12H18N.Li/c1-3-10-13(4-2)11-12-8-6-5-7-9-12;/h5-9H,1,3-4,10-11H2,2H3;. The molecule has 0 radical (unpaired) electrons. The van der Waals surface area contributed by atoms with E-state index in [1.165, 1.54) is 23.6 Å². The molecule has 0 heterocycles. The van der Waals surface area contributed by atoms with E-state index in [9.17, 15) is 0 Å². The third kappa shape index (κ3) is 4.33. The molecule has 0 aromatic heterocycles. The zero-order chi connectivity index (χ0) is 10.2. The summed E-state index contributed by atoms with van der Waals surface area (Å²) < 4.78 is 0. The number of hydrogen-bond acceptors (Lipinski definition) is 1. The first kappa shape index (κ1) is 11.8. The summed E-state index contributed by atoms with van der Waals surface area (Å²) in [6.07, 6.45) is 1.31. The SMILES string of the molecule is [Li][CH2]CCN(CC)Cc1ccccc1. The summed E-state index contributed by atoms with van der Waals surface area (Å²) in [5, 5.41) is 1.28. The van der Waals surface area contributed by atoms with E-state index in [0.717, 1.165) is 13.1 Å². The van der Waals surface area contributed by atoms with Crippen LogP contribution in [0.15, 0.2) is 30.3 Å². The molecule has 1 rings (SSSR count). The monoisotopic (exact) mass is 183 g/mol. The first-order valence-corrected chi connectivity index (χ1v) is 5.63. The molecule has 0 atom stereocenters. The number of rotatable bonds is 6. The van der Waals surface area contributed by atoms with Crippen LogP contribution < -0.4 is 0 Å². The average Bonchev–Trinajstić information content (AvgIpc) is 2.25. The van der Waals surface area contributed by atoms with E-state index in [4.69, 9.17) is 0 Å². The van der Waals surface area contributed by atoms with Gasteiger partial charge in [0.1, 0.15) is 0 Å². The molecule has 0 aliphatic heterocycles. The molecule has 0 spiro atoms. The van der Waals surface area contributed by atoms with Crippen LogP contribution in [0.3, 0.4) is 0 Å². The Morgan fingerprint density at radius 3 is 2.50 bits per heavy atom. The predicted molar refractivity (Wildman–Crippen MR) is 62.6 cm³/mol. The van der Waals surface area contributed by atoms with Crippen LogP contribution in [0.4, 0.5) is 0 Å². The van der Waals surface area contributed by atoms with Crippen molar-refractivity contribution in [3.8, 4) is 0 Å². The van der Waals surface area contributed by atoms with E-state index >= 15 is 0 Å². The van der Waals surface area contributed by atoms with Gasteiger partial charge in [-0.15, -0.1) is 0 Å². The summed E-state index contributed by atoms with van der Waals surface area (Å²) in [4.78, 5) is 2.50. The molecule has 0 unspecified atom stereocenters. The van der Waals surface area contributed by atoms with Crippen molar-refractivity contribution in [2.75, 3.05) is 13.1 Å². The molecule has 0 saturated heterocycles. The quantitative estimate of drug-likeness (QED) is 0.612. The molecule has 0 aliphatic carbocycles. The molecule has 0 fully saturated rings. The molecular formula is C12H18LiN. The average molecular weight is 183 g/mol. The van der Waals surface area contributed by atoms with Gasteiger partial charge in [-0.3, -0.25) is 0 Å². The Morgan fingerprint density at radius 1 is 1.21 bits per heavy atom. The van der Waals surface area contributed by atoms with E-state index in [2.05, 4.69) is 59.9 Å². The predicted octanol–water partition coefficient (Wildman–Crippen LogP) is 2.49. The summed E-state index contributed by atoms with van der Waals surface area (Å²) in [7, 11) is 0. The van der Waals surface area contributed by atoms with Crippen LogP contribution in [0.2, 0.25) is 5.09 Å². The van der Waals surface area contributed by atoms with Crippen LogP contribution in [0.5, 0.6) is 0 Å². The second-order valence-electron chi connectivity index (χ2n) is 3.71. The second kappa shape index (κ2) is 7.12. The van der Waals surface area contributed by atoms with Gasteiger partial charge in [-0.1, -0.05) is 0 Å². The van der Waals surface area contributed by atoms with Crippen LogP contribution in [0, 0.1) is 0 Å². The summed E-state index contributed by atoms with van der Waals surface area (Å²) in [5.41, 5.74) is 1.42. The molecule has 0 bridgehead atoms. The van der Waals surface area contributed by atoms with Gasteiger partial charge in [0.15, 0.2) is 0 Å². The summed E-state index contributed by atoms with van der Waals surface area (Å²) >= 11 is 2.25. The molecule has 1 aromatic carbocycles. The minimum atomic E-state index is 1.09. The Hall–Kier alpha value is -0.223. The third-order valence-electron chi connectivity index (χ3n) is 2.52. The van der Waals surface area contributed by atoms with Gasteiger partial charge in [0.2, 0.25) is 0 Å². The molecule has 0 aliphatic rings. The fourth-order valence-electron chi connectivity index (χ4n) is 1.57. The van der Waals surface area contributed by atoms with E-state index in [1.54, 1.807) is 0 Å². The van der Waals surface area contributed by atoms with Gasteiger partial charge in [-0.25, -0.2) is 0 Å². The van der Waals surface area contributed by atoms with Crippen molar-refractivity contribution in [1.29, 1.82) is 0 Å². The molecule has 0 N–H and O–H groups in total. The molecule has 1 nitrogen and oxygen atoms in total. The summed E-state index contributed by atoms with van der Waals surface area (Å²) in [5.74, 6) is 0.